The molecule has 1 aliphatic rings. The molecule has 3 rings (SSSR count). The molecule has 0 bridgehead atoms. The quantitative estimate of drug-likeness (QED) is 0.677. The summed E-state index contributed by atoms with van der Waals surface area (Å²) >= 11 is 0. The van der Waals surface area contributed by atoms with Crippen LogP contribution >= 0.6 is 0 Å². The maximum atomic E-state index is 14.0. The smallest absolute Gasteiger partial charge is 0.246 e. The number of aryl methyl sites for hydroxylation is 2. The molecule has 1 fully saturated rings. The molecule has 8 heteroatoms. The van der Waals surface area contributed by atoms with Gasteiger partial charge in [0.05, 0.1) is 0 Å². The van der Waals surface area contributed by atoms with E-state index in [2.05, 4.69) is 0 Å². The molecule has 5 nitrogen and oxygen atoms in total. The SMILES string of the molecule is Cc1ccc(C)c(N(C(=O)C2CCN(S(=O)(=O)c3cc(F)ccc3F)CC2)C(C)C)c1. The Bertz CT molecular complexity index is 1080. The van der Waals surface area contributed by atoms with E-state index >= 15 is 0 Å². The molecule has 0 aliphatic carbocycles. The van der Waals surface area contributed by atoms with Crippen molar-refractivity contribution in [2.24, 2.45) is 5.92 Å². The number of sulfonamides is 1. The highest BCUT2D eigenvalue weighted by molar-refractivity contribution is 7.89. The number of hydrogen-bond donors (Lipinski definition) is 0. The van der Waals surface area contributed by atoms with E-state index in [1.807, 2.05) is 45.9 Å². The van der Waals surface area contributed by atoms with Crippen molar-refractivity contribution in [2.45, 2.75) is 51.5 Å². The van der Waals surface area contributed by atoms with Crippen molar-refractivity contribution in [1.29, 1.82) is 0 Å². The van der Waals surface area contributed by atoms with Crippen LogP contribution in [0.1, 0.15) is 37.8 Å². The number of nitrogens with zero attached hydrogens (tertiary/aromatic N) is 2. The van der Waals surface area contributed by atoms with Crippen molar-refractivity contribution in [1.82, 2.24) is 4.31 Å². The van der Waals surface area contributed by atoms with E-state index in [9.17, 15) is 22.0 Å². The van der Waals surface area contributed by atoms with Gasteiger partial charge in [0.1, 0.15) is 16.5 Å². The fourth-order valence-electron chi connectivity index (χ4n) is 3.98. The number of rotatable bonds is 5. The first-order chi connectivity index (χ1) is 14.5. The Kier molecular flexibility index (Phi) is 6.81. The number of anilines is 1. The number of halogens is 2. The third-order valence-electron chi connectivity index (χ3n) is 5.69. The van der Waals surface area contributed by atoms with Crippen molar-refractivity contribution in [3.8, 4) is 0 Å². The van der Waals surface area contributed by atoms with Crippen LogP contribution < -0.4 is 4.90 Å². The Hall–Kier alpha value is -2.32. The molecule has 0 atom stereocenters. The minimum absolute atomic E-state index is 0.0438. The number of amides is 1. The number of hydrogen-bond acceptors (Lipinski definition) is 3. The maximum Gasteiger partial charge on any atom is 0.246 e. The average Bonchev–Trinajstić information content (AvgIpc) is 2.72. The Morgan fingerprint density at radius 1 is 1.06 bits per heavy atom. The van der Waals surface area contributed by atoms with E-state index in [4.69, 9.17) is 0 Å². The van der Waals surface area contributed by atoms with E-state index in [0.717, 1.165) is 33.3 Å². The molecule has 0 aromatic heterocycles. The zero-order valence-electron chi connectivity index (χ0n) is 18.2. The second-order valence-corrected chi connectivity index (χ2v) is 10.3. The van der Waals surface area contributed by atoms with Gasteiger partial charge in [-0.3, -0.25) is 4.79 Å². The number of carbonyl (C=O) groups is 1. The van der Waals surface area contributed by atoms with Gasteiger partial charge in [0.25, 0.3) is 0 Å². The van der Waals surface area contributed by atoms with Crippen LogP contribution in [0.15, 0.2) is 41.3 Å². The van der Waals surface area contributed by atoms with Gasteiger partial charge in [0.15, 0.2) is 0 Å². The summed E-state index contributed by atoms with van der Waals surface area (Å²) in [4.78, 5) is 14.5. The zero-order valence-corrected chi connectivity index (χ0v) is 19.0. The van der Waals surface area contributed by atoms with Crippen molar-refractivity contribution in [3.63, 3.8) is 0 Å². The third-order valence-corrected chi connectivity index (χ3v) is 7.61. The van der Waals surface area contributed by atoms with Crippen molar-refractivity contribution in [3.05, 3.63) is 59.2 Å². The topological polar surface area (TPSA) is 57.7 Å². The predicted molar refractivity (Wildman–Crippen MR) is 116 cm³/mol. The Morgan fingerprint density at radius 2 is 1.71 bits per heavy atom. The lowest BCUT2D eigenvalue weighted by Crippen LogP contribution is -2.46. The fourth-order valence-corrected chi connectivity index (χ4v) is 5.53. The first-order valence-electron chi connectivity index (χ1n) is 10.4. The summed E-state index contributed by atoms with van der Waals surface area (Å²) in [5.41, 5.74) is 2.91. The largest absolute Gasteiger partial charge is 0.309 e. The van der Waals surface area contributed by atoms with Gasteiger partial charge in [-0.1, -0.05) is 12.1 Å². The lowest BCUT2D eigenvalue weighted by atomic mass is 9.95. The summed E-state index contributed by atoms with van der Waals surface area (Å²) in [5, 5.41) is 0. The van der Waals surface area contributed by atoms with E-state index in [1.54, 1.807) is 4.90 Å². The molecule has 1 amide bonds. The van der Waals surface area contributed by atoms with Crippen molar-refractivity contribution < 1.29 is 22.0 Å². The summed E-state index contributed by atoms with van der Waals surface area (Å²) in [5.74, 6) is -2.18. The molecule has 1 heterocycles. The molecule has 31 heavy (non-hydrogen) atoms. The number of carbonyl (C=O) groups excluding carboxylic acids is 1. The normalized spacial score (nSPS) is 16.0. The van der Waals surface area contributed by atoms with Crippen LogP contribution in [0.25, 0.3) is 0 Å². The summed E-state index contributed by atoms with van der Waals surface area (Å²) in [7, 11) is -4.17. The molecule has 0 N–H and O–H groups in total. The minimum Gasteiger partial charge on any atom is -0.309 e. The summed E-state index contributed by atoms with van der Waals surface area (Å²) < 4.78 is 54.3. The van der Waals surface area contributed by atoms with E-state index < -0.39 is 26.6 Å². The van der Waals surface area contributed by atoms with Crippen molar-refractivity contribution in [2.75, 3.05) is 18.0 Å². The van der Waals surface area contributed by atoms with Gasteiger partial charge in [0.2, 0.25) is 15.9 Å². The van der Waals surface area contributed by atoms with Crippen LogP contribution in [0.2, 0.25) is 0 Å². The van der Waals surface area contributed by atoms with Gasteiger partial charge in [-0.15, -0.1) is 0 Å². The van der Waals surface area contributed by atoms with Crippen LogP contribution in [-0.4, -0.2) is 37.8 Å². The lowest BCUT2D eigenvalue weighted by molar-refractivity contribution is -0.123. The molecule has 0 radical (unpaired) electrons. The Labute approximate surface area is 182 Å². The number of piperidine rings is 1. The zero-order chi connectivity index (χ0) is 22.9. The fraction of sp³-hybridized carbons (Fsp3) is 0.435. The molecular weight excluding hydrogens is 422 g/mol. The monoisotopic (exact) mass is 450 g/mol. The van der Waals surface area contributed by atoms with Crippen LogP contribution in [0.4, 0.5) is 14.5 Å². The molecule has 2 aromatic carbocycles. The van der Waals surface area contributed by atoms with Crippen LogP contribution in [-0.2, 0) is 14.8 Å². The second kappa shape index (κ2) is 9.04. The van der Waals surface area contributed by atoms with Gasteiger partial charge in [-0.2, -0.15) is 4.31 Å². The highest BCUT2D eigenvalue weighted by Gasteiger charge is 2.36. The average molecular weight is 451 g/mol. The van der Waals surface area contributed by atoms with Crippen molar-refractivity contribution >= 4 is 21.6 Å². The van der Waals surface area contributed by atoms with Crippen LogP contribution in [0.3, 0.4) is 0 Å². The molecule has 1 saturated heterocycles. The molecule has 0 unspecified atom stereocenters. The van der Waals surface area contributed by atoms with Gasteiger partial charge in [0, 0.05) is 30.7 Å². The molecule has 2 aromatic rings. The Balaban J connectivity index is 1.78. The van der Waals surface area contributed by atoms with Crippen LogP contribution in [0.5, 0.6) is 0 Å². The molecule has 0 spiro atoms. The highest BCUT2D eigenvalue weighted by Crippen LogP contribution is 2.30. The first-order valence-corrected chi connectivity index (χ1v) is 11.8. The maximum absolute atomic E-state index is 14.0. The van der Waals surface area contributed by atoms with E-state index in [1.165, 1.54) is 0 Å². The molecule has 168 valence electrons. The minimum atomic E-state index is -4.17. The summed E-state index contributed by atoms with van der Waals surface area (Å²) in [6.07, 6.45) is 0.645. The van der Waals surface area contributed by atoms with Gasteiger partial charge in [-0.05, 0) is 75.9 Å². The third kappa shape index (κ3) is 4.80. The molecule has 1 aliphatic heterocycles. The van der Waals surface area contributed by atoms with Gasteiger partial charge in [-0.25, -0.2) is 17.2 Å². The Morgan fingerprint density at radius 3 is 2.32 bits per heavy atom. The first kappa shape index (κ1) is 23.3. The predicted octanol–water partition coefficient (Wildman–Crippen LogP) is 4.42. The standard InChI is InChI=1S/C23H28F2N2O3S/c1-15(2)27(21-13-16(3)5-6-17(21)4)23(28)18-9-11-26(12-10-18)31(29,30)22-14-19(24)7-8-20(22)25/h5-8,13-15,18H,9-12H2,1-4H3. The van der Waals surface area contributed by atoms with E-state index in [-0.39, 0.29) is 31.0 Å². The summed E-state index contributed by atoms with van der Waals surface area (Å²) in [6.45, 7) is 7.99. The number of benzene rings is 2. The van der Waals surface area contributed by atoms with Gasteiger partial charge < -0.3 is 4.90 Å². The second-order valence-electron chi connectivity index (χ2n) is 8.35. The van der Waals surface area contributed by atoms with Crippen LogP contribution in [0, 0.1) is 31.4 Å². The lowest BCUT2D eigenvalue weighted by Gasteiger charge is -2.36. The summed E-state index contributed by atoms with van der Waals surface area (Å²) in [6, 6.07) is 8.29. The molecular formula is C23H28F2N2O3S. The van der Waals surface area contributed by atoms with Gasteiger partial charge >= 0.3 is 0 Å². The van der Waals surface area contributed by atoms with E-state index in [0.29, 0.717) is 18.9 Å². The highest BCUT2D eigenvalue weighted by atomic mass is 32.2. The molecule has 0 saturated carbocycles.